The molecular weight excluding hydrogens is 202 g/mol. The average molecular weight is 217 g/mol. The first-order valence-electron chi connectivity index (χ1n) is 5.19. The second kappa shape index (κ2) is 5.82. The maximum Gasteiger partial charge on any atom is 0.335 e. The number of hydrogen-bond acceptors (Lipinski definition) is 2. The van der Waals surface area contributed by atoms with E-state index in [1.807, 2.05) is 6.92 Å². The van der Waals surface area contributed by atoms with Gasteiger partial charge in [-0.2, -0.15) is 0 Å². The zero-order valence-electron chi connectivity index (χ0n) is 9.45. The summed E-state index contributed by atoms with van der Waals surface area (Å²) < 4.78 is 0. The highest BCUT2D eigenvalue weighted by Gasteiger charge is 2.04. The Morgan fingerprint density at radius 2 is 2.06 bits per heavy atom. The van der Waals surface area contributed by atoms with Crippen LogP contribution in [0.25, 0.3) is 0 Å². The van der Waals surface area contributed by atoms with Gasteiger partial charge in [0.15, 0.2) is 0 Å². The van der Waals surface area contributed by atoms with Gasteiger partial charge in [0.2, 0.25) is 0 Å². The molecule has 0 saturated heterocycles. The summed E-state index contributed by atoms with van der Waals surface area (Å²) in [6.07, 6.45) is 0.904. The quantitative estimate of drug-likeness (QED) is 0.762. The number of aromatic carboxylic acids is 1. The maximum absolute atomic E-state index is 10.7. The average Bonchev–Trinajstić information content (AvgIpc) is 2.29. The Labute approximate surface area is 95.5 Å². The lowest BCUT2D eigenvalue weighted by molar-refractivity contribution is 0.0697. The maximum atomic E-state index is 10.7. The number of carboxylic acid groups (broad SMARTS) is 1. The summed E-state index contributed by atoms with van der Waals surface area (Å²) in [5.41, 5.74) is 1.18. The fourth-order valence-electron chi connectivity index (χ4n) is 1.32. The largest absolute Gasteiger partial charge is 0.478 e. The van der Waals surface area contributed by atoms with E-state index in [2.05, 4.69) is 17.2 Å². The van der Waals surface area contributed by atoms with Crippen LogP contribution < -0.4 is 5.32 Å². The molecule has 0 fully saturated rings. The van der Waals surface area contributed by atoms with Crippen molar-refractivity contribution in [3.05, 3.63) is 29.8 Å². The van der Waals surface area contributed by atoms with E-state index in [4.69, 9.17) is 5.11 Å². The van der Waals surface area contributed by atoms with Crippen molar-refractivity contribution in [3.63, 3.8) is 0 Å². The van der Waals surface area contributed by atoms with Gasteiger partial charge >= 0.3 is 5.97 Å². The van der Waals surface area contributed by atoms with Crippen LogP contribution >= 0.6 is 0 Å². The molecule has 1 unspecified atom stereocenters. The molecule has 0 aromatic heterocycles. The van der Waals surface area contributed by atoms with Gasteiger partial charge in [-0.25, -0.2) is 4.79 Å². The molecule has 0 aliphatic carbocycles. The van der Waals surface area contributed by atoms with Crippen LogP contribution in [0.3, 0.4) is 0 Å². The molecule has 0 aliphatic heterocycles. The number of benzene rings is 1. The van der Waals surface area contributed by atoms with Gasteiger partial charge in [-0.3, -0.25) is 0 Å². The molecule has 0 aliphatic rings. The van der Waals surface area contributed by atoms with Gasteiger partial charge in [-0.15, -0.1) is 5.92 Å². The molecule has 0 bridgehead atoms. The monoisotopic (exact) mass is 217 g/mol. The summed E-state index contributed by atoms with van der Waals surface area (Å²) in [4.78, 5) is 10.7. The number of carbonyl (C=O) groups is 1. The molecule has 0 saturated carbocycles. The van der Waals surface area contributed by atoms with E-state index < -0.39 is 5.97 Å². The third-order valence-corrected chi connectivity index (χ3v) is 2.20. The van der Waals surface area contributed by atoms with Crippen molar-refractivity contribution >= 4 is 11.7 Å². The minimum absolute atomic E-state index is 0.112. The first-order chi connectivity index (χ1) is 7.67. The fraction of sp³-hybridized carbons (Fsp3) is 0.308. The van der Waals surface area contributed by atoms with Crippen LogP contribution in [0.1, 0.15) is 30.6 Å². The van der Waals surface area contributed by atoms with E-state index in [0.29, 0.717) is 5.56 Å². The standard InChI is InChI=1S/C13H15NO2/c1-3-5-11(4-2)14-12-8-6-10(7-9-12)13(15)16/h6-9,11,14H,4H2,1-2H3,(H,15,16). The normalized spacial score (nSPS) is 11.1. The fourth-order valence-corrected chi connectivity index (χ4v) is 1.32. The van der Waals surface area contributed by atoms with E-state index in [0.717, 1.165) is 12.1 Å². The summed E-state index contributed by atoms with van der Waals surface area (Å²) >= 11 is 0. The van der Waals surface area contributed by atoms with Crippen molar-refractivity contribution < 1.29 is 9.90 Å². The molecule has 3 heteroatoms. The molecule has 1 rings (SSSR count). The summed E-state index contributed by atoms with van der Waals surface area (Å²) in [5, 5.41) is 12.0. The van der Waals surface area contributed by atoms with E-state index in [-0.39, 0.29) is 6.04 Å². The summed E-state index contributed by atoms with van der Waals surface area (Å²) in [5.74, 6) is 4.99. The Kier molecular flexibility index (Phi) is 4.41. The Bertz CT molecular complexity index is 412. The highest BCUT2D eigenvalue weighted by atomic mass is 16.4. The predicted octanol–water partition coefficient (Wildman–Crippen LogP) is 2.60. The molecule has 0 amide bonds. The molecule has 2 N–H and O–H groups in total. The number of nitrogens with one attached hydrogen (secondary N) is 1. The molecular formula is C13H15NO2. The van der Waals surface area contributed by atoms with Gasteiger partial charge in [0, 0.05) is 5.69 Å². The van der Waals surface area contributed by atoms with Gasteiger partial charge < -0.3 is 10.4 Å². The molecule has 0 heterocycles. The topological polar surface area (TPSA) is 49.3 Å². The number of rotatable bonds is 4. The third kappa shape index (κ3) is 3.32. The molecule has 1 aromatic rings. The zero-order valence-corrected chi connectivity index (χ0v) is 9.45. The van der Waals surface area contributed by atoms with Crippen LogP contribution in [0.2, 0.25) is 0 Å². The highest BCUT2D eigenvalue weighted by molar-refractivity contribution is 5.88. The lowest BCUT2D eigenvalue weighted by Gasteiger charge is -2.12. The first kappa shape index (κ1) is 12.1. The van der Waals surface area contributed by atoms with Crippen molar-refractivity contribution in [1.29, 1.82) is 0 Å². The number of carboxylic acids is 1. The Hall–Kier alpha value is -1.95. The van der Waals surface area contributed by atoms with Gasteiger partial charge in [0.05, 0.1) is 11.6 Å². The molecule has 3 nitrogen and oxygen atoms in total. The second-order valence-corrected chi connectivity index (χ2v) is 3.38. The van der Waals surface area contributed by atoms with E-state index in [1.54, 1.807) is 31.2 Å². The summed E-state index contributed by atoms with van der Waals surface area (Å²) in [7, 11) is 0. The third-order valence-electron chi connectivity index (χ3n) is 2.20. The van der Waals surface area contributed by atoms with Crippen LogP contribution in [0.5, 0.6) is 0 Å². The predicted molar refractivity (Wildman–Crippen MR) is 64.6 cm³/mol. The second-order valence-electron chi connectivity index (χ2n) is 3.38. The number of hydrogen-bond donors (Lipinski definition) is 2. The van der Waals surface area contributed by atoms with Gasteiger partial charge in [0.25, 0.3) is 0 Å². The molecule has 16 heavy (non-hydrogen) atoms. The van der Waals surface area contributed by atoms with Crippen LogP contribution in [0.4, 0.5) is 5.69 Å². The smallest absolute Gasteiger partial charge is 0.335 e. The molecule has 0 spiro atoms. The Morgan fingerprint density at radius 3 is 2.50 bits per heavy atom. The van der Waals surface area contributed by atoms with Crippen LogP contribution in [0, 0.1) is 11.8 Å². The number of anilines is 1. The van der Waals surface area contributed by atoms with Crippen LogP contribution in [-0.4, -0.2) is 17.1 Å². The molecule has 1 aromatic carbocycles. The van der Waals surface area contributed by atoms with Crippen molar-refractivity contribution in [2.45, 2.75) is 26.3 Å². The lowest BCUT2D eigenvalue weighted by atomic mass is 10.1. The van der Waals surface area contributed by atoms with Crippen molar-refractivity contribution in [3.8, 4) is 11.8 Å². The molecule has 84 valence electrons. The van der Waals surface area contributed by atoms with Gasteiger partial charge in [-0.05, 0) is 37.6 Å². The van der Waals surface area contributed by atoms with Crippen molar-refractivity contribution in [2.24, 2.45) is 0 Å². The van der Waals surface area contributed by atoms with E-state index in [1.165, 1.54) is 0 Å². The molecule has 1 atom stereocenters. The first-order valence-corrected chi connectivity index (χ1v) is 5.19. The van der Waals surface area contributed by atoms with E-state index >= 15 is 0 Å². The zero-order chi connectivity index (χ0) is 12.0. The van der Waals surface area contributed by atoms with Crippen LogP contribution in [0.15, 0.2) is 24.3 Å². The highest BCUT2D eigenvalue weighted by Crippen LogP contribution is 2.11. The Morgan fingerprint density at radius 1 is 1.44 bits per heavy atom. The lowest BCUT2D eigenvalue weighted by Crippen LogP contribution is -2.15. The Balaban J connectivity index is 2.73. The summed E-state index contributed by atoms with van der Waals surface area (Å²) in [6.45, 7) is 3.85. The SMILES string of the molecule is CC#CC(CC)Nc1ccc(C(=O)O)cc1. The van der Waals surface area contributed by atoms with E-state index in [9.17, 15) is 4.79 Å². The van der Waals surface area contributed by atoms with Gasteiger partial charge in [0.1, 0.15) is 0 Å². The van der Waals surface area contributed by atoms with Crippen LogP contribution in [-0.2, 0) is 0 Å². The van der Waals surface area contributed by atoms with Crippen molar-refractivity contribution in [1.82, 2.24) is 0 Å². The minimum atomic E-state index is -0.910. The van der Waals surface area contributed by atoms with Gasteiger partial charge in [-0.1, -0.05) is 12.8 Å². The molecule has 0 radical (unpaired) electrons. The van der Waals surface area contributed by atoms with Crippen molar-refractivity contribution in [2.75, 3.05) is 5.32 Å². The summed E-state index contributed by atoms with van der Waals surface area (Å²) in [6, 6.07) is 6.78. The minimum Gasteiger partial charge on any atom is -0.478 e.